The molecular weight excluding hydrogens is 845 g/mol. The van der Waals surface area contributed by atoms with Gasteiger partial charge in [0.05, 0.1) is 11.0 Å². The van der Waals surface area contributed by atoms with Gasteiger partial charge in [-0.3, -0.25) is 0 Å². The molecule has 0 radical (unpaired) electrons. The Morgan fingerprint density at radius 3 is 1.29 bits per heavy atom. The third-order valence-electron chi connectivity index (χ3n) is 13.0. The second kappa shape index (κ2) is 16.6. The molecule has 3 aromatic heterocycles. The summed E-state index contributed by atoms with van der Waals surface area (Å²) < 4.78 is 4.88. The molecule has 13 rings (SSSR count). The van der Waals surface area contributed by atoms with Crippen molar-refractivity contribution in [2.24, 2.45) is 0 Å². The van der Waals surface area contributed by atoms with Gasteiger partial charge in [-0.1, -0.05) is 188 Å². The first-order chi connectivity index (χ1) is 33.7. The van der Waals surface area contributed by atoms with Crippen LogP contribution in [0.25, 0.3) is 126 Å². The van der Waals surface area contributed by atoms with E-state index in [1.807, 2.05) is 47.7 Å². The van der Waals surface area contributed by atoms with Gasteiger partial charge in [-0.25, -0.2) is 15.0 Å². The van der Waals surface area contributed by atoms with E-state index in [0.717, 1.165) is 66.9 Å². The Balaban J connectivity index is 1.12. The van der Waals surface area contributed by atoms with Crippen LogP contribution in [0.4, 0.5) is 0 Å². The topological polar surface area (TPSA) is 43.6 Å². The van der Waals surface area contributed by atoms with Crippen LogP contribution in [0.1, 0.15) is 0 Å². The van der Waals surface area contributed by atoms with E-state index in [4.69, 9.17) is 15.0 Å². The molecule has 3 heterocycles. The highest BCUT2D eigenvalue weighted by molar-refractivity contribution is 7.26. The number of aromatic nitrogens is 4. The standard InChI is InChI=1S/C63H40N4S/c1-5-19-41(20-6-1)46-35-47(42-21-7-2-8-22-42)37-48(36-46)45-33-34-50(56(38-45)63-65-61(43-23-9-3-10-24-43)64-62(66-63)44-25-11-4-12-26-44)54-39-49(40-55-53-29-15-18-32-59(53)68-60(54)55)67-57-30-16-13-27-51(57)52-28-14-17-31-58(52)67/h1-40H. The Labute approximate surface area is 397 Å². The van der Waals surface area contributed by atoms with E-state index in [9.17, 15) is 0 Å². The number of nitrogens with zero attached hydrogens (tertiary/aromatic N) is 4. The maximum absolute atomic E-state index is 5.40. The van der Waals surface area contributed by atoms with Crippen molar-refractivity contribution < 1.29 is 0 Å². The quantitative estimate of drug-likeness (QED) is 0.153. The molecule has 0 amide bonds. The lowest BCUT2D eigenvalue weighted by atomic mass is 9.90. The second-order valence-corrected chi connectivity index (χ2v) is 18.2. The molecule has 0 saturated heterocycles. The first kappa shape index (κ1) is 39.6. The van der Waals surface area contributed by atoms with Crippen LogP contribution in [0.5, 0.6) is 0 Å². The first-order valence-electron chi connectivity index (χ1n) is 22.9. The van der Waals surface area contributed by atoms with Crippen LogP contribution in [0, 0.1) is 0 Å². The van der Waals surface area contributed by atoms with Crippen LogP contribution < -0.4 is 0 Å². The monoisotopic (exact) mass is 884 g/mol. The van der Waals surface area contributed by atoms with Gasteiger partial charge in [0.25, 0.3) is 0 Å². The average Bonchev–Trinajstić information content (AvgIpc) is 3.97. The highest BCUT2D eigenvalue weighted by Crippen LogP contribution is 2.46. The minimum atomic E-state index is 0.605. The summed E-state index contributed by atoms with van der Waals surface area (Å²) in [6, 6.07) is 86.6. The van der Waals surface area contributed by atoms with Gasteiger partial charge in [-0.2, -0.15) is 0 Å². The van der Waals surface area contributed by atoms with E-state index in [-0.39, 0.29) is 0 Å². The third kappa shape index (κ3) is 6.96. The second-order valence-electron chi connectivity index (χ2n) is 17.2. The van der Waals surface area contributed by atoms with Crippen LogP contribution in [-0.2, 0) is 0 Å². The van der Waals surface area contributed by atoms with Gasteiger partial charge in [-0.05, 0) is 93.5 Å². The molecule has 0 aliphatic heterocycles. The number of benzene rings is 10. The number of para-hydroxylation sites is 2. The maximum atomic E-state index is 5.40. The summed E-state index contributed by atoms with van der Waals surface area (Å²) in [4.78, 5) is 15.9. The molecule has 5 heteroatoms. The van der Waals surface area contributed by atoms with Crippen LogP contribution in [0.15, 0.2) is 243 Å². The van der Waals surface area contributed by atoms with Gasteiger partial charge in [-0.15, -0.1) is 11.3 Å². The smallest absolute Gasteiger partial charge is 0.164 e. The largest absolute Gasteiger partial charge is 0.309 e. The molecule has 0 unspecified atom stereocenters. The molecule has 10 aromatic carbocycles. The zero-order valence-electron chi connectivity index (χ0n) is 36.8. The molecule has 0 bridgehead atoms. The number of rotatable bonds is 8. The van der Waals surface area contributed by atoms with Crippen LogP contribution >= 0.6 is 11.3 Å². The first-order valence-corrected chi connectivity index (χ1v) is 23.7. The Morgan fingerprint density at radius 2 is 0.735 bits per heavy atom. The zero-order valence-corrected chi connectivity index (χ0v) is 37.6. The molecule has 13 aromatic rings. The van der Waals surface area contributed by atoms with Crippen molar-refractivity contribution >= 4 is 53.3 Å². The van der Waals surface area contributed by atoms with E-state index in [1.54, 1.807) is 0 Å². The molecule has 0 N–H and O–H groups in total. The molecule has 0 aliphatic carbocycles. The molecule has 0 aliphatic rings. The zero-order chi connectivity index (χ0) is 45.0. The van der Waals surface area contributed by atoms with E-state index in [0.29, 0.717) is 17.5 Å². The Hall–Kier alpha value is -8.77. The maximum Gasteiger partial charge on any atom is 0.164 e. The minimum absolute atomic E-state index is 0.605. The highest BCUT2D eigenvalue weighted by atomic mass is 32.1. The molecule has 0 fully saturated rings. The molecule has 318 valence electrons. The Morgan fingerprint density at radius 1 is 0.279 bits per heavy atom. The summed E-state index contributed by atoms with van der Waals surface area (Å²) in [5, 5.41) is 4.90. The van der Waals surface area contributed by atoms with Crippen LogP contribution in [0.2, 0.25) is 0 Å². The van der Waals surface area contributed by atoms with E-state index >= 15 is 0 Å². The molecular formula is C63H40N4S. The summed E-state index contributed by atoms with van der Waals surface area (Å²) in [5.41, 5.74) is 15.1. The predicted molar refractivity (Wildman–Crippen MR) is 285 cm³/mol. The van der Waals surface area contributed by atoms with Crippen molar-refractivity contribution in [3.63, 3.8) is 0 Å². The van der Waals surface area contributed by atoms with E-state index in [1.165, 1.54) is 42.0 Å². The lowest BCUT2D eigenvalue weighted by Gasteiger charge is -2.17. The Bertz CT molecular complexity index is 3840. The summed E-state index contributed by atoms with van der Waals surface area (Å²) in [7, 11) is 0. The van der Waals surface area contributed by atoms with Gasteiger partial charge in [0.15, 0.2) is 17.5 Å². The fourth-order valence-corrected chi connectivity index (χ4v) is 11.0. The van der Waals surface area contributed by atoms with Crippen molar-refractivity contribution in [3.8, 4) is 84.4 Å². The number of thiophene rings is 1. The lowest BCUT2D eigenvalue weighted by molar-refractivity contribution is 1.07. The summed E-state index contributed by atoms with van der Waals surface area (Å²) in [6.07, 6.45) is 0. The highest BCUT2D eigenvalue weighted by Gasteiger charge is 2.22. The van der Waals surface area contributed by atoms with Gasteiger partial charge < -0.3 is 4.57 Å². The van der Waals surface area contributed by atoms with Crippen molar-refractivity contribution in [3.05, 3.63) is 243 Å². The molecule has 0 spiro atoms. The van der Waals surface area contributed by atoms with Crippen LogP contribution in [-0.4, -0.2) is 19.5 Å². The SMILES string of the molecule is c1ccc(-c2cc(-c3ccccc3)cc(-c3ccc(-c4cc(-n5c6ccccc6c6ccccc65)cc5c4sc4ccccc45)c(-c4nc(-c5ccccc5)nc(-c5ccccc5)n4)c3)c2)cc1. The van der Waals surface area contributed by atoms with Crippen molar-refractivity contribution in [2.75, 3.05) is 0 Å². The fraction of sp³-hybridized carbons (Fsp3) is 0. The van der Waals surface area contributed by atoms with Gasteiger partial charge >= 0.3 is 0 Å². The summed E-state index contributed by atoms with van der Waals surface area (Å²) in [6.45, 7) is 0. The Kier molecular flexibility index (Phi) is 9.66. The van der Waals surface area contributed by atoms with E-state index < -0.39 is 0 Å². The van der Waals surface area contributed by atoms with Crippen molar-refractivity contribution in [1.29, 1.82) is 0 Å². The average molecular weight is 885 g/mol. The van der Waals surface area contributed by atoms with Crippen LogP contribution in [0.3, 0.4) is 0 Å². The predicted octanol–water partition coefficient (Wildman–Crippen LogP) is 17.0. The minimum Gasteiger partial charge on any atom is -0.309 e. The molecule has 68 heavy (non-hydrogen) atoms. The van der Waals surface area contributed by atoms with Gasteiger partial charge in [0.2, 0.25) is 0 Å². The van der Waals surface area contributed by atoms with Gasteiger partial charge in [0, 0.05) is 58.9 Å². The van der Waals surface area contributed by atoms with E-state index in [2.05, 4.69) is 211 Å². The molecule has 0 saturated carbocycles. The fourth-order valence-electron chi connectivity index (χ4n) is 9.80. The number of hydrogen-bond donors (Lipinski definition) is 0. The molecule has 4 nitrogen and oxygen atoms in total. The lowest BCUT2D eigenvalue weighted by Crippen LogP contribution is -2.02. The third-order valence-corrected chi connectivity index (χ3v) is 14.3. The summed E-state index contributed by atoms with van der Waals surface area (Å²) >= 11 is 1.84. The van der Waals surface area contributed by atoms with Crippen molar-refractivity contribution in [1.82, 2.24) is 19.5 Å². The van der Waals surface area contributed by atoms with Gasteiger partial charge in [0.1, 0.15) is 0 Å². The summed E-state index contributed by atoms with van der Waals surface area (Å²) in [5.74, 6) is 1.84. The molecule has 0 atom stereocenters. The normalized spacial score (nSPS) is 11.5. The van der Waals surface area contributed by atoms with Crippen molar-refractivity contribution in [2.45, 2.75) is 0 Å². The number of hydrogen-bond acceptors (Lipinski definition) is 4. The number of fused-ring (bicyclic) bond motifs is 6.